The minimum Gasteiger partial charge on any atom is -0.342 e. The highest BCUT2D eigenvalue weighted by molar-refractivity contribution is 6.30. The lowest BCUT2D eigenvalue weighted by Crippen LogP contribution is -2.56. The first kappa shape index (κ1) is 18.5. The predicted molar refractivity (Wildman–Crippen MR) is 113 cm³/mol. The molecular formula is C23H21ClN2O2. The molecule has 0 radical (unpaired) electrons. The average Bonchev–Trinajstić information content (AvgIpc) is 2.80. The zero-order valence-electron chi connectivity index (χ0n) is 15.6. The fourth-order valence-corrected chi connectivity index (χ4v) is 3.97. The Balaban J connectivity index is 1.75. The third-order valence-electron chi connectivity index (χ3n) is 5.22. The summed E-state index contributed by atoms with van der Waals surface area (Å²) in [4.78, 5) is 27.8. The molecule has 0 spiro atoms. The molecule has 1 fully saturated rings. The Kier molecular flexibility index (Phi) is 4.82. The Hall–Kier alpha value is -2.85. The highest BCUT2D eigenvalue weighted by atomic mass is 35.5. The van der Waals surface area contributed by atoms with E-state index in [1.807, 2.05) is 54.6 Å². The van der Waals surface area contributed by atoms with Crippen LogP contribution in [0.4, 0.5) is 5.69 Å². The Morgan fingerprint density at radius 1 is 1.00 bits per heavy atom. The molecule has 1 heterocycles. The largest absolute Gasteiger partial charge is 0.342 e. The van der Waals surface area contributed by atoms with Gasteiger partial charge in [0.1, 0.15) is 5.54 Å². The molecule has 4 rings (SSSR count). The molecular weight excluding hydrogens is 372 g/mol. The van der Waals surface area contributed by atoms with Crippen LogP contribution in [-0.2, 0) is 16.0 Å². The van der Waals surface area contributed by atoms with Gasteiger partial charge in [-0.1, -0.05) is 60.1 Å². The lowest BCUT2D eigenvalue weighted by Gasteiger charge is -2.33. The molecule has 4 nitrogen and oxygen atoms in total. The number of anilines is 1. The second-order valence-electron chi connectivity index (χ2n) is 7.39. The number of hydrogen-bond acceptors (Lipinski definition) is 2. The van der Waals surface area contributed by atoms with E-state index in [9.17, 15) is 9.59 Å². The van der Waals surface area contributed by atoms with Crippen LogP contribution in [0.1, 0.15) is 18.9 Å². The van der Waals surface area contributed by atoms with Crippen molar-refractivity contribution >= 4 is 39.9 Å². The van der Waals surface area contributed by atoms with Gasteiger partial charge in [-0.3, -0.25) is 9.59 Å². The SMILES string of the molecule is C[C@@]1(Cc2ccc(Cl)cc2)NC(=O)CCN(c2cccc3ccccc23)C1=O. The molecule has 1 saturated heterocycles. The van der Waals surface area contributed by atoms with Gasteiger partial charge in [-0.25, -0.2) is 0 Å². The predicted octanol–water partition coefficient (Wildman–Crippen LogP) is 4.35. The second kappa shape index (κ2) is 7.28. The second-order valence-corrected chi connectivity index (χ2v) is 7.83. The van der Waals surface area contributed by atoms with Crippen molar-refractivity contribution in [1.82, 2.24) is 5.32 Å². The van der Waals surface area contributed by atoms with Gasteiger partial charge < -0.3 is 10.2 Å². The third-order valence-corrected chi connectivity index (χ3v) is 5.48. The summed E-state index contributed by atoms with van der Waals surface area (Å²) in [6.45, 7) is 2.15. The van der Waals surface area contributed by atoms with E-state index < -0.39 is 5.54 Å². The molecule has 0 aromatic heterocycles. The lowest BCUT2D eigenvalue weighted by molar-refractivity contribution is -0.129. The van der Waals surface area contributed by atoms with E-state index in [1.165, 1.54) is 0 Å². The number of carbonyl (C=O) groups is 2. The molecule has 0 saturated carbocycles. The van der Waals surface area contributed by atoms with Crippen molar-refractivity contribution in [2.24, 2.45) is 0 Å². The van der Waals surface area contributed by atoms with Gasteiger partial charge in [0.05, 0.1) is 5.69 Å². The molecule has 1 N–H and O–H groups in total. The van der Waals surface area contributed by atoms with E-state index in [2.05, 4.69) is 5.32 Å². The first-order valence-corrected chi connectivity index (χ1v) is 9.69. The summed E-state index contributed by atoms with van der Waals surface area (Å²) in [5, 5.41) is 5.66. The summed E-state index contributed by atoms with van der Waals surface area (Å²) >= 11 is 5.98. The monoisotopic (exact) mass is 392 g/mol. The van der Waals surface area contributed by atoms with Gasteiger partial charge in [-0.15, -0.1) is 0 Å². The number of amides is 2. The van der Waals surface area contributed by atoms with Gasteiger partial charge >= 0.3 is 0 Å². The maximum atomic E-state index is 13.6. The van der Waals surface area contributed by atoms with Crippen LogP contribution in [0.15, 0.2) is 66.7 Å². The maximum absolute atomic E-state index is 13.6. The van der Waals surface area contributed by atoms with E-state index in [4.69, 9.17) is 11.6 Å². The van der Waals surface area contributed by atoms with E-state index >= 15 is 0 Å². The molecule has 5 heteroatoms. The van der Waals surface area contributed by atoms with Gasteiger partial charge in [0.2, 0.25) is 5.91 Å². The van der Waals surface area contributed by atoms with Crippen molar-refractivity contribution in [3.8, 4) is 0 Å². The summed E-state index contributed by atoms with van der Waals surface area (Å²) in [5.41, 5.74) is 0.750. The Bertz CT molecular complexity index is 1040. The van der Waals surface area contributed by atoms with Gasteiger partial charge in [-0.2, -0.15) is 0 Å². The fourth-order valence-electron chi connectivity index (χ4n) is 3.84. The summed E-state index contributed by atoms with van der Waals surface area (Å²) in [5.74, 6) is -0.225. The van der Waals surface area contributed by atoms with Crippen LogP contribution in [0.25, 0.3) is 10.8 Å². The first-order valence-electron chi connectivity index (χ1n) is 9.31. The van der Waals surface area contributed by atoms with Crippen LogP contribution in [0.3, 0.4) is 0 Å². The van der Waals surface area contributed by atoms with Crippen molar-refractivity contribution < 1.29 is 9.59 Å². The molecule has 3 aromatic carbocycles. The molecule has 1 aliphatic heterocycles. The molecule has 1 atom stereocenters. The van der Waals surface area contributed by atoms with Crippen molar-refractivity contribution in [3.63, 3.8) is 0 Å². The Labute approximate surface area is 169 Å². The minimum absolute atomic E-state index is 0.107. The lowest BCUT2D eigenvalue weighted by atomic mass is 9.91. The molecule has 0 bridgehead atoms. The summed E-state index contributed by atoms with van der Waals surface area (Å²) < 4.78 is 0. The van der Waals surface area contributed by atoms with Gasteiger partial charge in [-0.05, 0) is 36.1 Å². The number of carbonyl (C=O) groups excluding carboxylic acids is 2. The molecule has 0 aliphatic carbocycles. The average molecular weight is 393 g/mol. The van der Waals surface area contributed by atoms with Crippen LogP contribution in [-0.4, -0.2) is 23.9 Å². The highest BCUT2D eigenvalue weighted by Crippen LogP contribution is 2.31. The van der Waals surface area contributed by atoms with Crippen molar-refractivity contribution in [2.75, 3.05) is 11.4 Å². The number of nitrogens with one attached hydrogen (secondary N) is 1. The zero-order chi connectivity index (χ0) is 19.7. The summed E-state index contributed by atoms with van der Waals surface area (Å²) in [6, 6.07) is 21.3. The van der Waals surface area contributed by atoms with Crippen LogP contribution in [0.5, 0.6) is 0 Å². The molecule has 3 aromatic rings. The zero-order valence-corrected chi connectivity index (χ0v) is 16.4. The standard InChI is InChI=1S/C23H21ClN2O2/c1-23(15-16-9-11-18(24)12-10-16)22(28)26(14-13-21(27)25-23)20-8-4-6-17-5-2-3-7-19(17)20/h2-12H,13-15H2,1H3,(H,25,27)/t23-/m0/s1. The number of rotatable bonds is 3. The quantitative estimate of drug-likeness (QED) is 0.720. The first-order chi connectivity index (χ1) is 13.5. The van der Waals surface area contributed by atoms with E-state index in [0.717, 1.165) is 22.0 Å². The normalized spacial score (nSPS) is 20.1. The van der Waals surface area contributed by atoms with Crippen molar-refractivity contribution in [2.45, 2.75) is 25.3 Å². The third kappa shape index (κ3) is 3.48. The Morgan fingerprint density at radius 2 is 1.71 bits per heavy atom. The number of benzene rings is 3. The van der Waals surface area contributed by atoms with Crippen LogP contribution in [0, 0.1) is 0 Å². The van der Waals surface area contributed by atoms with E-state index in [1.54, 1.807) is 24.0 Å². The van der Waals surface area contributed by atoms with Crippen molar-refractivity contribution in [1.29, 1.82) is 0 Å². The molecule has 2 amide bonds. The number of hydrogen-bond donors (Lipinski definition) is 1. The number of fused-ring (bicyclic) bond motifs is 1. The number of nitrogens with zero attached hydrogens (tertiary/aromatic N) is 1. The Morgan fingerprint density at radius 3 is 2.50 bits per heavy atom. The molecule has 1 aliphatic rings. The van der Waals surface area contributed by atoms with Gasteiger partial charge in [0.25, 0.3) is 5.91 Å². The van der Waals surface area contributed by atoms with E-state index in [-0.39, 0.29) is 18.2 Å². The minimum atomic E-state index is -1.03. The fraction of sp³-hybridized carbons (Fsp3) is 0.217. The van der Waals surface area contributed by atoms with Crippen molar-refractivity contribution in [3.05, 3.63) is 77.3 Å². The summed E-state index contributed by atoms with van der Waals surface area (Å²) in [6.07, 6.45) is 0.668. The molecule has 28 heavy (non-hydrogen) atoms. The van der Waals surface area contributed by atoms with E-state index in [0.29, 0.717) is 18.0 Å². The smallest absolute Gasteiger partial charge is 0.252 e. The van der Waals surface area contributed by atoms with Crippen LogP contribution in [0.2, 0.25) is 5.02 Å². The highest BCUT2D eigenvalue weighted by Gasteiger charge is 2.41. The van der Waals surface area contributed by atoms with Gasteiger partial charge in [0, 0.05) is 29.8 Å². The number of halogens is 1. The molecule has 142 valence electrons. The van der Waals surface area contributed by atoms with Gasteiger partial charge in [0.15, 0.2) is 0 Å². The van der Waals surface area contributed by atoms with Crippen LogP contribution < -0.4 is 10.2 Å². The van der Waals surface area contributed by atoms with Crippen LogP contribution >= 0.6 is 11.6 Å². The topological polar surface area (TPSA) is 49.4 Å². The maximum Gasteiger partial charge on any atom is 0.252 e. The molecule has 0 unspecified atom stereocenters. The summed E-state index contributed by atoms with van der Waals surface area (Å²) in [7, 11) is 0.